The quantitative estimate of drug-likeness (QED) is 0.798. The van der Waals surface area contributed by atoms with Gasteiger partial charge in [-0.3, -0.25) is 4.98 Å². The Morgan fingerprint density at radius 1 is 1.33 bits per heavy atom. The van der Waals surface area contributed by atoms with Crippen molar-refractivity contribution in [2.75, 3.05) is 11.9 Å². The zero-order chi connectivity index (χ0) is 12.8. The number of aromatic nitrogens is 3. The van der Waals surface area contributed by atoms with Crippen LogP contribution in [-0.4, -0.2) is 21.7 Å². The Kier molecular flexibility index (Phi) is 4.66. The Bertz CT molecular complexity index is 502. The van der Waals surface area contributed by atoms with Crippen molar-refractivity contribution in [1.29, 1.82) is 0 Å². The predicted molar refractivity (Wildman–Crippen MR) is 71.5 cm³/mol. The molecule has 0 bridgehead atoms. The lowest BCUT2D eigenvalue weighted by molar-refractivity contribution is 0.479. The van der Waals surface area contributed by atoms with Crippen LogP contribution in [0.5, 0.6) is 0 Å². The van der Waals surface area contributed by atoms with Crippen LogP contribution >= 0.6 is 15.9 Å². The second kappa shape index (κ2) is 6.46. The molecule has 0 spiro atoms. The first-order valence-electron chi connectivity index (χ1n) is 5.68. The van der Waals surface area contributed by atoms with Crippen molar-refractivity contribution >= 4 is 27.6 Å². The summed E-state index contributed by atoms with van der Waals surface area (Å²) in [5.41, 5.74) is 0.793. The summed E-state index contributed by atoms with van der Waals surface area (Å²) in [6.07, 6.45) is 4.46. The zero-order valence-electron chi connectivity index (χ0n) is 9.98. The van der Waals surface area contributed by atoms with E-state index in [1.807, 2.05) is 6.07 Å². The Balaban J connectivity index is 1.94. The molecule has 0 aliphatic carbocycles. The number of anilines is 2. The van der Waals surface area contributed by atoms with Crippen molar-refractivity contribution in [2.24, 2.45) is 0 Å². The molecule has 0 radical (unpaired) electrons. The third-order valence-corrected chi connectivity index (χ3v) is 2.56. The van der Waals surface area contributed by atoms with Crippen LogP contribution in [0.3, 0.4) is 0 Å². The molecule has 0 fully saturated rings. The summed E-state index contributed by atoms with van der Waals surface area (Å²) < 4.78 is 6.32. The fraction of sp³-hybridized carbons (Fsp3) is 0.364. The van der Waals surface area contributed by atoms with Crippen molar-refractivity contribution in [3.05, 3.63) is 28.8 Å². The van der Waals surface area contributed by atoms with Crippen molar-refractivity contribution in [3.63, 3.8) is 0 Å². The van der Waals surface area contributed by atoms with Gasteiger partial charge in [0.25, 0.3) is 0 Å². The van der Waals surface area contributed by atoms with Crippen LogP contribution in [-0.2, 0) is 6.54 Å². The van der Waals surface area contributed by atoms with Crippen molar-refractivity contribution in [1.82, 2.24) is 20.5 Å². The van der Waals surface area contributed by atoms with Gasteiger partial charge in [-0.1, -0.05) is 12.0 Å². The van der Waals surface area contributed by atoms with Gasteiger partial charge in [-0.05, 0) is 35.0 Å². The molecule has 18 heavy (non-hydrogen) atoms. The Labute approximate surface area is 113 Å². The molecule has 0 amide bonds. The van der Waals surface area contributed by atoms with Crippen LogP contribution in [0.2, 0.25) is 0 Å². The zero-order valence-corrected chi connectivity index (χ0v) is 11.6. The fourth-order valence-electron chi connectivity index (χ4n) is 1.35. The summed E-state index contributed by atoms with van der Waals surface area (Å²) in [7, 11) is 0. The van der Waals surface area contributed by atoms with Crippen molar-refractivity contribution < 1.29 is 4.42 Å². The molecule has 0 unspecified atom stereocenters. The van der Waals surface area contributed by atoms with E-state index in [9.17, 15) is 0 Å². The number of nitrogens with one attached hydrogen (secondary N) is 2. The predicted octanol–water partition coefficient (Wildman–Crippen LogP) is 2.47. The lowest BCUT2D eigenvalue weighted by Gasteiger charge is -2.00. The number of pyridine rings is 1. The van der Waals surface area contributed by atoms with E-state index in [1.54, 1.807) is 12.4 Å². The van der Waals surface area contributed by atoms with Gasteiger partial charge in [0, 0.05) is 10.7 Å². The van der Waals surface area contributed by atoms with Crippen LogP contribution in [0.4, 0.5) is 11.7 Å². The van der Waals surface area contributed by atoms with Gasteiger partial charge < -0.3 is 15.1 Å². The van der Waals surface area contributed by atoms with Crippen LogP contribution < -0.4 is 10.6 Å². The molecule has 2 N–H and O–H groups in total. The highest BCUT2D eigenvalue weighted by Crippen LogP contribution is 2.18. The van der Waals surface area contributed by atoms with Crippen LogP contribution in [0, 0.1) is 0 Å². The normalized spacial score (nSPS) is 10.6. The number of hydrogen-bond acceptors (Lipinski definition) is 6. The molecular weight excluding hydrogens is 298 g/mol. The van der Waals surface area contributed by atoms with E-state index in [1.165, 1.54) is 0 Å². The second-order valence-electron chi connectivity index (χ2n) is 3.69. The van der Waals surface area contributed by atoms with Gasteiger partial charge in [-0.15, -0.1) is 5.10 Å². The van der Waals surface area contributed by atoms with Crippen molar-refractivity contribution in [3.8, 4) is 0 Å². The van der Waals surface area contributed by atoms with E-state index in [2.05, 4.69) is 48.7 Å². The lowest BCUT2D eigenvalue weighted by Crippen LogP contribution is -2.13. The third kappa shape index (κ3) is 3.78. The maximum atomic E-state index is 5.44. The largest absolute Gasteiger partial charge is 0.406 e. The molecule has 0 saturated carbocycles. The number of halogens is 1. The van der Waals surface area contributed by atoms with Gasteiger partial charge in [0.15, 0.2) is 0 Å². The van der Waals surface area contributed by atoms with E-state index in [-0.39, 0.29) is 0 Å². The molecule has 0 saturated heterocycles. The first-order chi connectivity index (χ1) is 8.78. The summed E-state index contributed by atoms with van der Waals surface area (Å²) in [4.78, 5) is 4.04. The molecule has 7 heteroatoms. The summed E-state index contributed by atoms with van der Waals surface area (Å²) >= 11 is 3.34. The third-order valence-electron chi connectivity index (χ3n) is 2.13. The van der Waals surface area contributed by atoms with Crippen LogP contribution in [0.25, 0.3) is 0 Å². The first-order valence-corrected chi connectivity index (χ1v) is 6.48. The average molecular weight is 312 g/mol. The standard InChI is InChI=1S/C11H14BrN5O/c1-2-3-13-7-10-16-17-11(18-10)15-9-4-8(12)5-14-6-9/h4-6,13H,2-3,7H2,1H3,(H,15,17). The molecule has 96 valence electrons. The van der Waals surface area contributed by atoms with Gasteiger partial charge in [0.2, 0.25) is 5.89 Å². The van der Waals surface area contributed by atoms with Crippen molar-refractivity contribution in [2.45, 2.75) is 19.9 Å². The topological polar surface area (TPSA) is 75.9 Å². The highest BCUT2D eigenvalue weighted by atomic mass is 79.9. The maximum absolute atomic E-state index is 5.44. The van der Waals surface area contributed by atoms with E-state index < -0.39 is 0 Å². The number of nitrogens with zero attached hydrogens (tertiary/aromatic N) is 3. The molecule has 2 aromatic heterocycles. The van der Waals surface area contributed by atoms with Gasteiger partial charge in [-0.2, -0.15) is 0 Å². The van der Waals surface area contributed by atoms with Gasteiger partial charge in [0.1, 0.15) is 0 Å². The monoisotopic (exact) mass is 311 g/mol. The Morgan fingerprint density at radius 3 is 3.00 bits per heavy atom. The van der Waals surface area contributed by atoms with Gasteiger partial charge >= 0.3 is 6.01 Å². The number of rotatable bonds is 6. The summed E-state index contributed by atoms with van der Waals surface area (Å²) in [6.45, 7) is 3.62. The van der Waals surface area contributed by atoms with E-state index in [0.717, 1.165) is 23.1 Å². The first kappa shape index (κ1) is 13.0. The molecule has 6 nitrogen and oxygen atoms in total. The van der Waals surface area contributed by atoms with Crippen LogP contribution in [0.1, 0.15) is 19.2 Å². The highest BCUT2D eigenvalue weighted by Gasteiger charge is 2.05. The van der Waals surface area contributed by atoms with E-state index in [0.29, 0.717) is 18.5 Å². The lowest BCUT2D eigenvalue weighted by atomic mass is 10.4. The molecule has 2 rings (SSSR count). The molecule has 2 aromatic rings. The Hall–Kier alpha value is -1.47. The minimum atomic E-state index is 0.364. The van der Waals surface area contributed by atoms with E-state index in [4.69, 9.17) is 4.42 Å². The number of hydrogen-bond donors (Lipinski definition) is 2. The van der Waals surface area contributed by atoms with Gasteiger partial charge in [-0.25, -0.2) is 0 Å². The smallest absolute Gasteiger partial charge is 0.320 e. The Morgan fingerprint density at radius 2 is 2.22 bits per heavy atom. The molecule has 0 aliphatic rings. The molecule has 2 heterocycles. The SMILES string of the molecule is CCCNCc1nnc(Nc2cncc(Br)c2)o1. The molecular formula is C11H14BrN5O. The van der Waals surface area contributed by atoms with Crippen LogP contribution in [0.15, 0.2) is 27.3 Å². The highest BCUT2D eigenvalue weighted by molar-refractivity contribution is 9.10. The molecule has 0 aliphatic heterocycles. The summed E-state index contributed by atoms with van der Waals surface area (Å²) in [5.74, 6) is 0.564. The second-order valence-corrected chi connectivity index (χ2v) is 4.61. The molecule has 0 aromatic carbocycles. The summed E-state index contributed by atoms with van der Waals surface area (Å²) in [5, 5.41) is 14.0. The van der Waals surface area contributed by atoms with Gasteiger partial charge in [0.05, 0.1) is 18.4 Å². The minimum absolute atomic E-state index is 0.364. The average Bonchev–Trinajstić information content (AvgIpc) is 2.77. The van der Waals surface area contributed by atoms with E-state index >= 15 is 0 Å². The summed E-state index contributed by atoms with van der Waals surface area (Å²) in [6, 6.07) is 2.25. The molecule has 0 atom stereocenters. The minimum Gasteiger partial charge on any atom is -0.406 e. The maximum Gasteiger partial charge on any atom is 0.320 e. The fourth-order valence-corrected chi connectivity index (χ4v) is 1.72.